The van der Waals surface area contributed by atoms with E-state index in [2.05, 4.69) is 20.6 Å². The molecule has 4 rings (SSSR count). The van der Waals surface area contributed by atoms with E-state index in [1.54, 1.807) is 6.20 Å². The lowest BCUT2D eigenvalue weighted by Gasteiger charge is -2.11. The van der Waals surface area contributed by atoms with Crippen molar-refractivity contribution in [2.75, 3.05) is 17.7 Å². The van der Waals surface area contributed by atoms with Crippen LogP contribution in [0.1, 0.15) is 19.3 Å². The molecular formula is C13H18N4. The Labute approximate surface area is 101 Å². The normalized spacial score (nSPS) is 41.1. The van der Waals surface area contributed by atoms with Gasteiger partial charge in [0, 0.05) is 13.1 Å². The van der Waals surface area contributed by atoms with Crippen LogP contribution in [0.25, 0.3) is 0 Å². The summed E-state index contributed by atoms with van der Waals surface area (Å²) in [7, 11) is 1.87. The number of hydrogen-bond donors (Lipinski definition) is 2. The van der Waals surface area contributed by atoms with E-state index < -0.39 is 0 Å². The third-order valence-corrected chi connectivity index (χ3v) is 4.94. The molecule has 1 aromatic rings. The van der Waals surface area contributed by atoms with Crippen molar-refractivity contribution in [1.82, 2.24) is 9.97 Å². The first-order valence-electron chi connectivity index (χ1n) is 6.63. The van der Waals surface area contributed by atoms with Crippen LogP contribution in [-0.2, 0) is 0 Å². The average molecular weight is 230 g/mol. The summed E-state index contributed by atoms with van der Waals surface area (Å²) in [6, 6.07) is 0.683. The minimum absolute atomic E-state index is 0.683. The number of nitrogens with zero attached hydrogens (tertiary/aromatic N) is 2. The number of nitrogens with one attached hydrogen (secondary N) is 2. The zero-order valence-corrected chi connectivity index (χ0v) is 10.1. The molecule has 0 saturated heterocycles. The van der Waals surface area contributed by atoms with Gasteiger partial charge in [-0.15, -0.1) is 0 Å². The van der Waals surface area contributed by atoms with Gasteiger partial charge in [-0.2, -0.15) is 0 Å². The summed E-state index contributed by atoms with van der Waals surface area (Å²) in [6.07, 6.45) is 8.01. The summed E-state index contributed by atoms with van der Waals surface area (Å²) in [6.45, 7) is 0. The molecule has 0 spiro atoms. The molecule has 4 unspecified atom stereocenters. The van der Waals surface area contributed by atoms with E-state index in [1.165, 1.54) is 19.3 Å². The Hall–Kier alpha value is -1.32. The summed E-state index contributed by atoms with van der Waals surface area (Å²) in [4.78, 5) is 8.68. The Kier molecular flexibility index (Phi) is 1.90. The maximum absolute atomic E-state index is 4.48. The van der Waals surface area contributed by atoms with Crippen LogP contribution in [0.3, 0.4) is 0 Å². The van der Waals surface area contributed by atoms with Crippen LogP contribution in [0.2, 0.25) is 0 Å². The summed E-state index contributed by atoms with van der Waals surface area (Å²) >= 11 is 0. The lowest BCUT2D eigenvalue weighted by atomic mass is 10.0. The molecule has 17 heavy (non-hydrogen) atoms. The zero-order valence-electron chi connectivity index (χ0n) is 10.1. The van der Waals surface area contributed by atoms with Gasteiger partial charge in [-0.05, 0) is 42.9 Å². The van der Waals surface area contributed by atoms with Crippen LogP contribution in [0.5, 0.6) is 0 Å². The first-order chi connectivity index (χ1) is 8.36. The standard InChI is InChI=1S/C13H18N4/c1-14-9-5-15-6-10(16-9)17-13-11-7-2-3-8(4-7)12(11)13/h5-8,11-13H,2-4H2,1H3,(H2,14,16,17). The molecule has 2 N–H and O–H groups in total. The molecule has 1 heterocycles. The van der Waals surface area contributed by atoms with Crippen LogP contribution in [0, 0.1) is 23.7 Å². The van der Waals surface area contributed by atoms with Crippen LogP contribution >= 0.6 is 0 Å². The van der Waals surface area contributed by atoms with E-state index in [-0.39, 0.29) is 0 Å². The Bertz CT molecular complexity index is 431. The highest BCUT2D eigenvalue weighted by molar-refractivity contribution is 5.44. The highest BCUT2D eigenvalue weighted by Gasteiger charge is 2.65. The fourth-order valence-electron chi connectivity index (χ4n) is 4.25. The molecule has 0 radical (unpaired) electrons. The zero-order chi connectivity index (χ0) is 11.4. The molecule has 4 nitrogen and oxygen atoms in total. The third kappa shape index (κ3) is 1.36. The summed E-state index contributed by atoms with van der Waals surface area (Å²) in [5.74, 6) is 5.65. The first kappa shape index (κ1) is 9.68. The second-order valence-electron chi connectivity index (χ2n) is 5.70. The van der Waals surface area contributed by atoms with Crippen LogP contribution in [-0.4, -0.2) is 23.1 Å². The molecule has 0 aliphatic heterocycles. The van der Waals surface area contributed by atoms with E-state index in [0.29, 0.717) is 6.04 Å². The molecule has 3 aliphatic carbocycles. The largest absolute Gasteiger partial charge is 0.372 e. The van der Waals surface area contributed by atoms with Crippen molar-refractivity contribution in [3.63, 3.8) is 0 Å². The molecule has 4 heteroatoms. The molecule has 4 atom stereocenters. The first-order valence-corrected chi connectivity index (χ1v) is 6.63. The molecular weight excluding hydrogens is 212 g/mol. The number of rotatable bonds is 3. The minimum atomic E-state index is 0.683. The van der Waals surface area contributed by atoms with Crippen molar-refractivity contribution in [2.45, 2.75) is 25.3 Å². The smallest absolute Gasteiger partial charge is 0.147 e. The van der Waals surface area contributed by atoms with Gasteiger partial charge in [-0.25, -0.2) is 4.98 Å². The average Bonchev–Trinajstić information content (AvgIpc) is 2.76. The van der Waals surface area contributed by atoms with Crippen molar-refractivity contribution in [3.8, 4) is 0 Å². The van der Waals surface area contributed by atoms with Gasteiger partial charge >= 0.3 is 0 Å². The van der Waals surface area contributed by atoms with Crippen molar-refractivity contribution in [1.29, 1.82) is 0 Å². The van der Waals surface area contributed by atoms with Gasteiger partial charge in [0.1, 0.15) is 11.6 Å². The topological polar surface area (TPSA) is 49.8 Å². The van der Waals surface area contributed by atoms with Gasteiger partial charge in [-0.3, -0.25) is 4.98 Å². The Balaban J connectivity index is 1.49. The van der Waals surface area contributed by atoms with Gasteiger partial charge in [0.2, 0.25) is 0 Å². The van der Waals surface area contributed by atoms with Crippen LogP contribution in [0.15, 0.2) is 12.4 Å². The Morgan fingerprint density at radius 3 is 2.53 bits per heavy atom. The lowest BCUT2D eigenvalue weighted by Crippen LogP contribution is -2.14. The Morgan fingerprint density at radius 2 is 1.82 bits per heavy atom. The van der Waals surface area contributed by atoms with Gasteiger partial charge < -0.3 is 10.6 Å². The SMILES string of the molecule is CNc1cncc(NC2C3C4CCC(C4)C23)n1. The molecule has 0 amide bonds. The van der Waals surface area contributed by atoms with E-state index >= 15 is 0 Å². The van der Waals surface area contributed by atoms with Crippen molar-refractivity contribution in [3.05, 3.63) is 12.4 Å². The quantitative estimate of drug-likeness (QED) is 0.833. The van der Waals surface area contributed by atoms with Crippen molar-refractivity contribution < 1.29 is 0 Å². The summed E-state index contributed by atoms with van der Waals surface area (Å²) in [5.41, 5.74) is 0. The van der Waals surface area contributed by atoms with E-state index in [9.17, 15) is 0 Å². The van der Waals surface area contributed by atoms with Crippen molar-refractivity contribution >= 4 is 11.6 Å². The minimum Gasteiger partial charge on any atom is -0.372 e. The number of fused-ring (bicyclic) bond motifs is 5. The highest BCUT2D eigenvalue weighted by Crippen LogP contribution is 2.66. The van der Waals surface area contributed by atoms with Crippen LogP contribution in [0.4, 0.5) is 11.6 Å². The molecule has 3 aliphatic rings. The fourth-order valence-corrected chi connectivity index (χ4v) is 4.25. The molecule has 90 valence electrons. The number of aromatic nitrogens is 2. The maximum atomic E-state index is 4.48. The summed E-state index contributed by atoms with van der Waals surface area (Å²) in [5, 5.41) is 6.61. The molecule has 1 aromatic heterocycles. The lowest BCUT2D eigenvalue weighted by molar-refractivity contribution is 0.456. The monoisotopic (exact) mass is 230 g/mol. The van der Waals surface area contributed by atoms with E-state index in [4.69, 9.17) is 0 Å². The molecule has 3 saturated carbocycles. The number of hydrogen-bond acceptors (Lipinski definition) is 4. The van der Waals surface area contributed by atoms with Crippen molar-refractivity contribution in [2.24, 2.45) is 23.7 Å². The molecule has 2 bridgehead atoms. The highest BCUT2D eigenvalue weighted by atomic mass is 15.1. The second kappa shape index (κ2) is 3.34. The van der Waals surface area contributed by atoms with E-state index in [0.717, 1.165) is 35.3 Å². The molecule has 0 aromatic carbocycles. The van der Waals surface area contributed by atoms with Gasteiger partial charge in [0.05, 0.1) is 12.4 Å². The van der Waals surface area contributed by atoms with E-state index in [1.807, 2.05) is 13.2 Å². The third-order valence-electron chi connectivity index (χ3n) is 4.94. The predicted octanol–water partition coefficient (Wildman–Crippen LogP) is 1.97. The molecule has 3 fully saturated rings. The van der Waals surface area contributed by atoms with Crippen LogP contribution < -0.4 is 10.6 Å². The number of anilines is 2. The van der Waals surface area contributed by atoms with Gasteiger partial charge in [-0.1, -0.05) is 0 Å². The maximum Gasteiger partial charge on any atom is 0.147 e. The fraction of sp³-hybridized carbons (Fsp3) is 0.692. The second-order valence-corrected chi connectivity index (χ2v) is 5.70. The Morgan fingerprint density at radius 1 is 1.12 bits per heavy atom. The summed E-state index contributed by atoms with van der Waals surface area (Å²) < 4.78 is 0. The predicted molar refractivity (Wildman–Crippen MR) is 66.8 cm³/mol. The van der Waals surface area contributed by atoms with Gasteiger partial charge in [0.25, 0.3) is 0 Å². The van der Waals surface area contributed by atoms with Gasteiger partial charge in [0.15, 0.2) is 0 Å².